The molecule has 0 radical (unpaired) electrons. The minimum absolute atomic E-state index is 0.0150. The normalized spacial score (nSPS) is 11.5. The Bertz CT molecular complexity index is 2200. The van der Waals surface area contributed by atoms with Gasteiger partial charge in [0.1, 0.15) is 11.3 Å². The lowest BCUT2D eigenvalue weighted by molar-refractivity contribution is -0.127. The fourth-order valence-electron chi connectivity index (χ4n) is 6.24. The van der Waals surface area contributed by atoms with Gasteiger partial charge in [-0.2, -0.15) is 13.2 Å². The van der Waals surface area contributed by atoms with Crippen molar-refractivity contribution in [1.29, 1.82) is 0 Å². The fraction of sp³-hybridized carbons (Fsp3) is 0.300. The zero-order chi connectivity index (χ0) is 37.2. The van der Waals surface area contributed by atoms with E-state index in [4.69, 9.17) is 0 Å². The van der Waals surface area contributed by atoms with Crippen LogP contribution in [-0.4, -0.2) is 58.4 Å². The van der Waals surface area contributed by atoms with E-state index >= 15 is 0 Å². The third kappa shape index (κ3) is 9.53. The SMILES string of the molecule is CCCCCCCCCCNn1cc(CC(F)(F)F)cc2c3ccccc3nc1-2.O=C(O)c1cnc(-c2ncccn2)nc1-c1cc2ccccc2[nH]1. The Balaban J connectivity index is 0.000000184. The van der Waals surface area contributed by atoms with Gasteiger partial charge >= 0.3 is 12.1 Å². The van der Waals surface area contributed by atoms with E-state index in [0.29, 0.717) is 29.6 Å². The molecule has 3 aromatic heterocycles. The first-order chi connectivity index (χ1) is 25.7. The highest BCUT2D eigenvalue weighted by atomic mass is 19.4. The first-order valence-electron chi connectivity index (χ1n) is 17.9. The number of alkyl halides is 3. The van der Waals surface area contributed by atoms with Crippen molar-refractivity contribution in [2.45, 2.75) is 70.9 Å². The van der Waals surface area contributed by atoms with Crippen LogP contribution in [0.4, 0.5) is 13.2 Å². The second-order valence-electron chi connectivity index (χ2n) is 12.9. The zero-order valence-corrected chi connectivity index (χ0v) is 29.4. The van der Waals surface area contributed by atoms with Gasteiger partial charge < -0.3 is 15.5 Å². The van der Waals surface area contributed by atoms with E-state index in [-0.39, 0.29) is 17.0 Å². The van der Waals surface area contributed by atoms with E-state index < -0.39 is 18.6 Å². The number of hydrogen-bond donors (Lipinski definition) is 3. The van der Waals surface area contributed by atoms with Crippen LogP contribution >= 0.6 is 0 Å². The van der Waals surface area contributed by atoms with Crippen LogP contribution in [0.3, 0.4) is 0 Å². The summed E-state index contributed by atoms with van der Waals surface area (Å²) in [6.45, 7) is 2.93. The van der Waals surface area contributed by atoms with Gasteiger partial charge in [0.25, 0.3) is 0 Å². The van der Waals surface area contributed by atoms with Crippen LogP contribution in [0.2, 0.25) is 0 Å². The average Bonchev–Trinajstić information content (AvgIpc) is 3.76. The number of carbonyl (C=O) groups is 1. The maximum atomic E-state index is 13.0. The van der Waals surface area contributed by atoms with Gasteiger partial charge in [-0.05, 0) is 42.3 Å². The molecule has 10 nitrogen and oxygen atoms in total. The number of rotatable bonds is 14. The number of halogens is 3. The number of aromatic carboxylic acids is 1. The minimum atomic E-state index is -4.24. The number of pyridine rings is 1. The number of H-pyrrole nitrogens is 1. The van der Waals surface area contributed by atoms with Gasteiger partial charge in [0.05, 0.1) is 17.6 Å². The summed E-state index contributed by atoms with van der Waals surface area (Å²) in [6.07, 6.45) is 10.6. The summed E-state index contributed by atoms with van der Waals surface area (Å²) < 4.78 is 40.6. The number of fused-ring (bicyclic) bond motifs is 4. The van der Waals surface area contributed by atoms with E-state index in [2.05, 4.69) is 42.3 Å². The molecule has 7 rings (SSSR count). The lowest BCUT2D eigenvalue weighted by atomic mass is 10.1. The van der Waals surface area contributed by atoms with Gasteiger partial charge in [-0.3, -0.25) is 0 Å². The Morgan fingerprint density at radius 3 is 2.30 bits per heavy atom. The van der Waals surface area contributed by atoms with E-state index in [1.54, 1.807) is 29.2 Å². The van der Waals surface area contributed by atoms with Crippen molar-refractivity contribution in [2.75, 3.05) is 12.0 Å². The van der Waals surface area contributed by atoms with Crippen molar-refractivity contribution >= 4 is 27.8 Å². The van der Waals surface area contributed by atoms with Gasteiger partial charge in [0.15, 0.2) is 17.5 Å². The van der Waals surface area contributed by atoms with Gasteiger partial charge in [-0.1, -0.05) is 88.3 Å². The molecule has 0 spiro atoms. The van der Waals surface area contributed by atoms with Crippen LogP contribution in [0.1, 0.15) is 74.2 Å². The summed E-state index contributed by atoms with van der Waals surface area (Å²) in [5, 5.41) is 11.3. The average molecular weight is 723 g/mol. The fourth-order valence-corrected chi connectivity index (χ4v) is 6.24. The Morgan fingerprint density at radius 1 is 0.849 bits per heavy atom. The molecule has 0 atom stereocenters. The predicted octanol–water partition coefficient (Wildman–Crippen LogP) is 9.71. The highest BCUT2D eigenvalue weighted by Crippen LogP contribution is 2.33. The van der Waals surface area contributed by atoms with Crippen LogP contribution in [0.15, 0.2) is 91.5 Å². The number of unbranched alkanes of at least 4 members (excludes halogenated alkanes) is 7. The molecule has 5 aromatic rings. The summed E-state index contributed by atoms with van der Waals surface area (Å²) in [4.78, 5) is 36.0. The molecule has 2 aromatic carbocycles. The first kappa shape index (κ1) is 36.9. The molecule has 13 heteroatoms. The van der Waals surface area contributed by atoms with Crippen molar-refractivity contribution < 1.29 is 23.1 Å². The summed E-state index contributed by atoms with van der Waals surface area (Å²) in [5.74, 6) is 0.196. The van der Waals surface area contributed by atoms with Crippen molar-refractivity contribution in [3.63, 3.8) is 0 Å². The standard InChI is InChI=1S/C23H30F3N3.C17H11N5O2/c1-2-3-4-5-6-7-8-11-14-27-29-17-18(16-23(24,25)26)15-20-19-12-9-10-13-21(19)28-22(20)29;23-17(24)11-9-20-16(15-18-6-3-7-19-15)22-14(11)13-8-10-4-1-2-5-12(10)21-13/h9-10,12-13,15,17,27H,2-8,11,14,16H2,1H3;1-9,21H,(H,23,24). The Morgan fingerprint density at radius 2 is 1.57 bits per heavy atom. The van der Waals surface area contributed by atoms with Gasteiger partial charge in [0, 0.05) is 53.2 Å². The van der Waals surface area contributed by atoms with Gasteiger partial charge in [-0.25, -0.2) is 34.4 Å². The maximum Gasteiger partial charge on any atom is 0.393 e. The molecule has 2 aliphatic heterocycles. The number of nitrogens with one attached hydrogen (secondary N) is 2. The number of hydrogen-bond acceptors (Lipinski definition) is 7. The summed E-state index contributed by atoms with van der Waals surface area (Å²) in [5.41, 5.74) is 6.90. The number of benzene rings is 2. The molecular weight excluding hydrogens is 681 g/mol. The molecule has 5 heterocycles. The molecule has 0 bridgehead atoms. The molecule has 53 heavy (non-hydrogen) atoms. The Labute approximate surface area is 304 Å². The topological polar surface area (TPSA) is 134 Å². The van der Waals surface area contributed by atoms with Crippen LogP contribution in [0, 0.1) is 0 Å². The van der Waals surface area contributed by atoms with Gasteiger partial charge in [-0.15, -0.1) is 0 Å². The molecule has 0 saturated carbocycles. The molecule has 0 amide bonds. The van der Waals surface area contributed by atoms with Crippen LogP contribution in [0.5, 0.6) is 0 Å². The molecule has 0 fully saturated rings. The molecule has 2 aliphatic rings. The highest BCUT2D eigenvalue weighted by molar-refractivity contribution is 5.97. The number of nitrogens with zero attached hydrogens (tertiary/aromatic N) is 6. The third-order valence-electron chi connectivity index (χ3n) is 8.80. The number of aromatic amines is 1. The van der Waals surface area contributed by atoms with Crippen molar-refractivity contribution in [3.8, 4) is 34.4 Å². The monoisotopic (exact) mass is 722 g/mol. The van der Waals surface area contributed by atoms with E-state index in [0.717, 1.165) is 40.2 Å². The van der Waals surface area contributed by atoms with E-state index in [9.17, 15) is 23.1 Å². The van der Waals surface area contributed by atoms with Crippen LogP contribution in [0.25, 0.3) is 56.2 Å². The van der Waals surface area contributed by atoms with Crippen molar-refractivity contribution in [3.05, 3.63) is 103 Å². The van der Waals surface area contributed by atoms with E-state index in [1.165, 1.54) is 50.9 Å². The summed E-state index contributed by atoms with van der Waals surface area (Å²) in [7, 11) is 0. The van der Waals surface area contributed by atoms with Crippen LogP contribution < -0.4 is 5.43 Å². The quantitative estimate of drug-likeness (QED) is 0.0945. The largest absolute Gasteiger partial charge is 0.478 e. The predicted molar refractivity (Wildman–Crippen MR) is 200 cm³/mol. The number of carboxylic acid groups (broad SMARTS) is 1. The highest BCUT2D eigenvalue weighted by Gasteiger charge is 2.29. The molecule has 0 unspecified atom stereocenters. The molecule has 3 N–H and O–H groups in total. The number of aromatic nitrogens is 7. The molecule has 0 aliphatic carbocycles. The molecule has 0 saturated heterocycles. The molecular formula is C40H41F3N8O2. The number of para-hydroxylation sites is 2. The maximum absolute atomic E-state index is 13.0. The Kier molecular flexibility index (Phi) is 11.9. The summed E-state index contributed by atoms with van der Waals surface area (Å²) >= 11 is 0. The number of carboxylic acids is 1. The first-order valence-corrected chi connectivity index (χ1v) is 17.9. The smallest absolute Gasteiger partial charge is 0.393 e. The van der Waals surface area contributed by atoms with Gasteiger partial charge in [0.2, 0.25) is 0 Å². The van der Waals surface area contributed by atoms with Crippen molar-refractivity contribution in [1.82, 2.24) is 34.6 Å². The molecule has 274 valence electrons. The third-order valence-corrected chi connectivity index (χ3v) is 8.80. The Hall–Kier alpha value is -5.85. The van der Waals surface area contributed by atoms with E-state index in [1.807, 2.05) is 54.6 Å². The summed E-state index contributed by atoms with van der Waals surface area (Å²) in [6, 6.07) is 20.4. The zero-order valence-electron chi connectivity index (χ0n) is 29.4. The van der Waals surface area contributed by atoms with Crippen LogP contribution in [-0.2, 0) is 6.42 Å². The lowest BCUT2D eigenvalue weighted by Crippen LogP contribution is -2.21. The second-order valence-corrected chi connectivity index (χ2v) is 12.9. The van der Waals surface area contributed by atoms with Crippen molar-refractivity contribution in [2.24, 2.45) is 0 Å². The minimum Gasteiger partial charge on any atom is -0.478 e. The second kappa shape index (κ2) is 17.1. The lowest BCUT2D eigenvalue weighted by Gasteiger charge is -2.17.